The Morgan fingerprint density at radius 1 is 1.50 bits per heavy atom. The van der Waals surface area contributed by atoms with Crippen LogP contribution in [0.15, 0.2) is 29.4 Å². The Hall–Kier alpha value is -1.62. The lowest BCUT2D eigenvalue weighted by molar-refractivity contribution is 0.317. The zero-order valence-electron chi connectivity index (χ0n) is 7.34. The van der Waals surface area contributed by atoms with Gasteiger partial charge in [-0.3, -0.25) is 0 Å². The Bertz CT molecular complexity index is 478. The smallest absolute Gasteiger partial charge is 0.144 e. The lowest BCUT2D eigenvalue weighted by Gasteiger charge is -1.94. The van der Waals surface area contributed by atoms with E-state index in [0.29, 0.717) is 6.42 Å². The van der Waals surface area contributed by atoms with Crippen molar-refractivity contribution in [2.75, 3.05) is 0 Å². The van der Waals surface area contributed by atoms with Gasteiger partial charge in [0.25, 0.3) is 0 Å². The van der Waals surface area contributed by atoms with Crippen molar-refractivity contribution >= 4 is 28.3 Å². The number of nitrogens with two attached hydrogens (primary N) is 1. The minimum Gasteiger partial charge on any atom is -0.409 e. The van der Waals surface area contributed by atoms with E-state index in [0.717, 1.165) is 15.8 Å². The van der Waals surface area contributed by atoms with Crippen molar-refractivity contribution < 1.29 is 5.21 Å². The maximum atomic E-state index is 8.45. The van der Waals surface area contributed by atoms with E-state index in [4.69, 9.17) is 10.9 Å². The summed E-state index contributed by atoms with van der Waals surface area (Å²) >= 11 is 1.38. The maximum absolute atomic E-state index is 8.45. The molecule has 0 unspecified atom stereocenters. The van der Waals surface area contributed by atoms with Gasteiger partial charge in [-0.05, 0) is 17.6 Å². The van der Waals surface area contributed by atoms with Crippen molar-refractivity contribution in [2.24, 2.45) is 10.9 Å². The van der Waals surface area contributed by atoms with Gasteiger partial charge in [-0.15, -0.1) is 0 Å². The minimum absolute atomic E-state index is 0.208. The molecular formula is C9H9N3OS. The molecule has 3 N–H and O–H groups in total. The number of nitrogens with zero attached hydrogens (tertiary/aromatic N) is 2. The molecular weight excluding hydrogens is 198 g/mol. The molecule has 2 aromatic rings. The molecule has 5 heteroatoms. The predicted octanol–water partition coefficient (Wildman–Crippen LogP) is 1.59. The summed E-state index contributed by atoms with van der Waals surface area (Å²) in [6.45, 7) is 0. The van der Waals surface area contributed by atoms with Crippen molar-refractivity contribution in [1.82, 2.24) is 4.37 Å². The summed E-state index contributed by atoms with van der Waals surface area (Å²) in [4.78, 5) is 1.02. The molecule has 72 valence electrons. The van der Waals surface area contributed by atoms with E-state index in [1.54, 1.807) is 0 Å². The normalized spacial score (nSPS) is 12.1. The van der Waals surface area contributed by atoms with Crippen LogP contribution in [0.1, 0.15) is 4.88 Å². The number of benzene rings is 1. The van der Waals surface area contributed by atoms with E-state index in [-0.39, 0.29) is 5.84 Å². The van der Waals surface area contributed by atoms with Gasteiger partial charge < -0.3 is 10.9 Å². The molecule has 0 spiro atoms. The van der Waals surface area contributed by atoms with E-state index < -0.39 is 0 Å². The first kappa shape index (κ1) is 8.96. The molecule has 2 rings (SSSR count). The molecule has 1 heterocycles. The molecule has 0 saturated heterocycles. The molecule has 0 aliphatic rings. The summed E-state index contributed by atoms with van der Waals surface area (Å²) in [5.74, 6) is 0.208. The number of fused-ring (bicyclic) bond motifs is 1. The summed E-state index contributed by atoms with van der Waals surface area (Å²) in [5.41, 5.74) is 6.39. The first-order valence-electron chi connectivity index (χ1n) is 4.11. The topological polar surface area (TPSA) is 71.5 Å². The molecule has 0 fully saturated rings. The molecule has 14 heavy (non-hydrogen) atoms. The predicted molar refractivity (Wildman–Crippen MR) is 56.7 cm³/mol. The first-order chi connectivity index (χ1) is 6.81. The molecule has 1 aromatic carbocycles. The van der Waals surface area contributed by atoms with Gasteiger partial charge >= 0.3 is 0 Å². The van der Waals surface area contributed by atoms with Crippen LogP contribution in [0, 0.1) is 0 Å². The second-order valence-electron chi connectivity index (χ2n) is 2.89. The van der Waals surface area contributed by atoms with Crippen LogP contribution in [0.2, 0.25) is 0 Å². The van der Waals surface area contributed by atoms with Gasteiger partial charge in [-0.1, -0.05) is 23.4 Å². The monoisotopic (exact) mass is 207 g/mol. The highest BCUT2D eigenvalue weighted by Crippen LogP contribution is 2.22. The van der Waals surface area contributed by atoms with Gasteiger partial charge in [0.05, 0.1) is 5.52 Å². The zero-order valence-corrected chi connectivity index (χ0v) is 8.16. The summed E-state index contributed by atoms with van der Waals surface area (Å²) in [6.07, 6.45) is 0.446. The highest BCUT2D eigenvalue weighted by molar-refractivity contribution is 7.07. The largest absolute Gasteiger partial charge is 0.409 e. The highest BCUT2D eigenvalue weighted by Gasteiger charge is 2.06. The first-order valence-corrected chi connectivity index (χ1v) is 4.88. The molecule has 0 amide bonds. The molecule has 0 radical (unpaired) electrons. The van der Waals surface area contributed by atoms with Gasteiger partial charge in [0, 0.05) is 16.7 Å². The number of oxime groups is 1. The third kappa shape index (κ3) is 1.54. The van der Waals surface area contributed by atoms with Crippen molar-refractivity contribution in [3.05, 3.63) is 29.1 Å². The van der Waals surface area contributed by atoms with Crippen LogP contribution < -0.4 is 5.73 Å². The SMILES string of the molecule is N/C(Cc1snc2ccccc12)=N\O. The van der Waals surface area contributed by atoms with E-state index in [1.807, 2.05) is 24.3 Å². The van der Waals surface area contributed by atoms with Gasteiger partial charge in [0.1, 0.15) is 5.84 Å². The van der Waals surface area contributed by atoms with Crippen molar-refractivity contribution in [3.63, 3.8) is 0 Å². The van der Waals surface area contributed by atoms with Gasteiger partial charge in [-0.2, -0.15) is 4.37 Å². The standard InChI is InChI=1S/C9H9N3OS/c10-9(11-13)5-8-6-3-1-2-4-7(6)12-14-8/h1-4,13H,5H2,(H2,10,11). The van der Waals surface area contributed by atoms with E-state index in [1.165, 1.54) is 11.5 Å². The third-order valence-corrected chi connectivity index (χ3v) is 2.80. The second-order valence-corrected chi connectivity index (χ2v) is 3.75. The van der Waals surface area contributed by atoms with Crippen molar-refractivity contribution in [3.8, 4) is 0 Å². The fourth-order valence-electron chi connectivity index (χ4n) is 1.27. The van der Waals surface area contributed by atoms with Gasteiger partial charge in [0.15, 0.2) is 0 Å². The van der Waals surface area contributed by atoms with Gasteiger partial charge in [0.2, 0.25) is 0 Å². The Morgan fingerprint density at radius 3 is 3.07 bits per heavy atom. The fourth-order valence-corrected chi connectivity index (χ4v) is 2.12. The van der Waals surface area contributed by atoms with E-state index >= 15 is 0 Å². The molecule has 0 aliphatic carbocycles. The van der Waals surface area contributed by atoms with Crippen LogP contribution in [0.3, 0.4) is 0 Å². The van der Waals surface area contributed by atoms with Gasteiger partial charge in [-0.25, -0.2) is 0 Å². The maximum Gasteiger partial charge on any atom is 0.144 e. The highest BCUT2D eigenvalue weighted by atomic mass is 32.1. The minimum atomic E-state index is 0.208. The Labute approximate surface area is 84.8 Å². The van der Waals surface area contributed by atoms with Crippen molar-refractivity contribution in [1.29, 1.82) is 0 Å². The second kappa shape index (κ2) is 3.63. The molecule has 0 aliphatic heterocycles. The fraction of sp³-hybridized carbons (Fsp3) is 0.111. The average molecular weight is 207 g/mol. The van der Waals surface area contributed by atoms with Crippen LogP contribution in [0.25, 0.3) is 10.9 Å². The lowest BCUT2D eigenvalue weighted by Crippen LogP contribution is -2.13. The molecule has 4 nitrogen and oxygen atoms in total. The number of aromatic nitrogens is 1. The summed E-state index contributed by atoms with van der Waals surface area (Å²) in [7, 11) is 0. The molecule has 0 bridgehead atoms. The van der Waals surface area contributed by atoms with Crippen LogP contribution in [-0.4, -0.2) is 15.4 Å². The molecule has 0 saturated carbocycles. The van der Waals surface area contributed by atoms with Crippen LogP contribution in [0.4, 0.5) is 0 Å². The van der Waals surface area contributed by atoms with Crippen LogP contribution in [0.5, 0.6) is 0 Å². The lowest BCUT2D eigenvalue weighted by atomic mass is 10.2. The van der Waals surface area contributed by atoms with Crippen LogP contribution in [-0.2, 0) is 6.42 Å². The Balaban J connectivity index is 2.43. The van der Waals surface area contributed by atoms with E-state index in [9.17, 15) is 0 Å². The molecule has 0 atom stereocenters. The van der Waals surface area contributed by atoms with Crippen LogP contribution >= 0.6 is 11.5 Å². The number of amidine groups is 1. The number of hydrogen-bond donors (Lipinski definition) is 2. The Morgan fingerprint density at radius 2 is 2.29 bits per heavy atom. The third-order valence-electron chi connectivity index (χ3n) is 1.93. The van der Waals surface area contributed by atoms with E-state index in [2.05, 4.69) is 9.53 Å². The number of rotatable bonds is 2. The average Bonchev–Trinajstić information content (AvgIpc) is 2.62. The van der Waals surface area contributed by atoms with Crippen molar-refractivity contribution in [2.45, 2.75) is 6.42 Å². The summed E-state index contributed by atoms with van der Waals surface area (Å²) in [5, 5.41) is 12.5. The summed E-state index contributed by atoms with van der Waals surface area (Å²) < 4.78 is 4.26. The Kier molecular flexibility index (Phi) is 2.32. The zero-order chi connectivity index (χ0) is 9.97. The number of hydrogen-bond acceptors (Lipinski definition) is 4. The summed E-state index contributed by atoms with van der Waals surface area (Å²) in [6, 6.07) is 7.82. The molecule has 1 aromatic heterocycles. The quantitative estimate of drug-likeness (QED) is 0.340.